The van der Waals surface area contributed by atoms with Crippen molar-refractivity contribution in [3.63, 3.8) is 0 Å². The summed E-state index contributed by atoms with van der Waals surface area (Å²) in [6.45, 7) is 6.38. The molecule has 146 valence electrons. The average Bonchev–Trinajstić information content (AvgIpc) is 3.02. The van der Waals surface area contributed by atoms with Crippen LogP contribution < -0.4 is 10.1 Å². The summed E-state index contributed by atoms with van der Waals surface area (Å²) in [5, 5.41) is 11.9. The fourth-order valence-electron chi connectivity index (χ4n) is 2.57. The van der Waals surface area contributed by atoms with Gasteiger partial charge in [0, 0.05) is 12.7 Å². The van der Waals surface area contributed by atoms with Gasteiger partial charge in [0.1, 0.15) is 12.4 Å². The van der Waals surface area contributed by atoms with Gasteiger partial charge in [0.15, 0.2) is 11.0 Å². The van der Waals surface area contributed by atoms with E-state index in [1.165, 1.54) is 11.8 Å². The second kappa shape index (κ2) is 8.93. The highest BCUT2D eigenvalue weighted by Gasteiger charge is 2.13. The second-order valence-electron chi connectivity index (χ2n) is 6.72. The smallest absolute Gasteiger partial charge is 0.234 e. The van der Waals surface area contributed by atoms with E-state index in [0.29, 0.717) is 17.6 Å². The summed E-state index contributed by atoms with van der Waals surface area (Å²) in [5.41, 5.74) is 4.17. The number of nitrogens with one attached hydrogen (secondary N) is 1. The Bertz CT molecular complexity index is 967. The maximum absolute atomic E-state index is 12.2. The lowest BCUT2D eigenvalue weighted by atomic mass is 10.1. The zero-order chi connectivity index (χ0) is 20.1. The molecule has 28 heavy (non-hydrogen) atoms. The van der Waals surface area contributed by atoms with Crippen LogP contribution in [-0.4, -0.2) is 26.4 Å². The normalized spacial score (nSPS) is 10.7. The molecule has 0 radical (unpaired) electrons. The summed E-state index contributed by atoms with van der Waals surface area (Å²) >= 11 is 1.35. The molecule has 0 atom stereocenters. The Balaban J connectivity index is 1.54. The predicted octanol–water partition coefficient (Wildman–Crippen LogP) is 4.05. The van der Waals surface area contributed by atoms with Crippen LogP contribution in [0.15, 0.2) is 47.6 Å². The molecular formula is C21H24N4O2S. The summed E-state index contributed by atoms with van der Waals surface area (Å²) in [6.07, 6.45) is 0. The molecule has 3 rings (SSSR count). The molecule has 0 saturated carbocycles. The highest BCUT2D eigenvalue weighted by atomic mass is 32.2. The minimum Gasteiger partial charge on any atom is -0.485 e. The van der Waals surface area contributed by atoms with Crippen LogP contribution in [0.5, 0.6) is 5.75 Å². The number of hydrogen-bond donors (Lipinski definition) is 1. The number of thioether (sulfide) groups is 1. The van der Waals surface area contributed by atoms with Crippen LogP contribution >= 0.6 is 11.8 Å². The van der Waals surface area contributed by atoms with Gasteiger partial charge in [-0.05, 0) is 50.1 Å². The molecule has 0 aliphatic carbocycles. The first kappa shape index (κ1) is 19.9. The molecule has 7 heteroatoms. The molecule has 0 unspecified atom stereocenters. The van der Waals surface area contributed by atoms with Crippen molar-refractivity contribution in [3.8, 4) is 5.75 Å². The number of hydrogen-bond acceptors (Lipinski definition) is 5. The third-order valence-corrected chi connectivity index (χ3v) is 5.31. The van der Waals surface area contributed by atoms with E-state index in [-0.39, 0.29) is 11.7 Å². The largest absolute Gasteiger partial charge is 0.485 e. The second-order valence-corrected chi connectivity index (χ2v) is 7.66. The lowest BCUT2D eigenvalue weighted by Crippen LogP contribution is -2.14. The van der Waals surface area contributed by atoms with Crippen LogP contribution in [0.4, 0.5) is 5.69 Å². The van der Waals surface area contributed by atoms with Gasteiger partial charge in [-0.2, -0.15) is 0 Å². The molecule has 0 saturated heterocycles. The molecule has 1 N–H and O–H groups in total. The molecule has 3 aromatic rings. The van der Waals surface area contributed by atoms with E-state index in [2.05, 4.69) is 21.6 Å². The predicted molar refractivity (Wildman–Crippen MR) is 112 cm³/mol. The van der Waals surface area contributed by atoms with E-state index in [4.69, 9.17) is 4.74 Å². The number of nitrogens with zero attached hydrogens (tertiary/aromatic N) is 3. The first-order valence-corrected chi connectivity index (χ1v) is 9.98. The van der Waals surface area contributed by atoms with Gasteiger partial charge in [-0.1, -0.05) is 41.6 Å². The van der Waals surface area contributed by atoms with Crippen molar-refractivity contribution < 1.29 is 9.53 Å². The van der Waals surface area contributed by atoms with E-state index < -0.39 is 0 Å². The van der Waals surface area contributed by atoms with Crippen molar-refractivity contribution in [2.24, 2.45) is 7.05 Å². The van der Waals surface area contributed by atoms with Crippen LogP contribution in [0, 0.1) is 20.8 Å². The van der Waals surface area contributed by atoms with E-state index in [9.17, 15) is 4.79 Å². The van der Waals surface area contributed by atoms with Crippen molar-refractivity contribution in [2.45, 2.75) is 32.5 Å². The molecule has 1 aromatic heterocycles. The van der Waals surface area contributed by atoms with Crippen molar-refractivity contribution >= 4 is 23.4 Å². The van der Waals surface area contributed by atoms with Gasteiger partial charge in [-0.3, -0.25) is 4.79 Å². The topological polar surface area (TPSA) is 69.0 Å². The summed E-state index contributed by atoms with van der Waals surface area (Å²) in [7, 11) is 1.88. The monoisotopic (exact) mass is 396 g/mol. The Hall–Kier alpha value is -2.80. The first-order valence-electron chi connectivity index (χ1n) is 9.00. The molecule has 0 bridgehead atoms. The third kappa shape index (κ3) is 5.13. The van der Waals surface area contributed by atoms with Gasteiger partial charge in [0.05, 0.1) is 5.75 Å². The Labute approximate surface area is 169 Å². The number of aromatic nitrogens is 3. The van der Waals surface area contributed by atoms with E-state index >= 15 is 0 Å². The van der Waals surface area contributed by atoms with Crippen molar-refractivity contribution in [2.75, 3.05) is 11.1 Å². The van der Waals surface area contributed by atoms with Crippen molar-refractivity contribution in [3.05, 3.63) is 65.0 Å². The summed E-state index contributed by atoms with van der Waals surface area (Å²) in [4.78, 5) is 12.2. The lowest BCUT2D eigenvalue weighted by Gasteiger charge is -2.10. The van der Waals surface area contributed by atoms with Crippen LogP contribution in [0.1, 0.15) is 22.5 Å². The molecule has 1 amide bonds. The highest BCUT2D eigenvalue weighted by Crippen LogP contribution is 2.21. The van der Waals surface area contributed by atoms with E-state index in [0.717, 1.165) is 28.1 Å². The Morgan fingerprint density at radius 2 is 1.79 bits per heavy atom. The summed E-state index contributed by atoms with van der Waals surface area (Å²) in [5.74, 6) is 1.74. The SMILES string of the molecule is Cc1ccc(NC(=O)CSc2nnc(COc3cc(C)ccc3C)n2C)cc1. The molecule has 1 heterocycles. The summed E-state index contributed by atoms with van der Waals surface area (Å²) < 4.78 is 7.76. The molecule has 6 nitrogen and oxygen atoms in total. The van der Waals surface area contributed by atoms with Crippen molar-refractivity contribution in [1.82, 2.24) is 14.8 Å². The van der Waals surface area contributed by atoms with Crippen LogP contribution in [0.2, 0.25) is 0 Å². The number of benzene rings is 2. The lowest BCUT2D eigenvalue weighted by molar-refractivity contribution is -0.113. The Morgan fingerprint density at radius 1 is 1.07 bits per heavy atom. The molecule has 0 aliphatic heterocycles. The molecule has 0 spiro atoms. The molecule has 0 fully saturated rings. The molecule has 0 aliphatic rings. The number of aryl methyl sites for hydroxylation is 3. The van der Waals surface area contributed by atoms with Crippen LogP contribution in [0.3, 0.4) is 0 Å². The summed E-state index contributed by atoms with van der Waals surface area (Å²) in [6, 6.07) is 13.8. The van der Waals surface area contributed by atoms with Gasteiger partial charge >= 0.3 is 0 Å². The quantitative estimate of drug-likeness (QED) is 0.610. The van der Waals surface area contributed by atoms with Gasteiger partial charge < -0.3 is 14.6 Å². The zero-order valence-electron chi connectivity index (χ0n) is 16.5. The first-order chi connectivity index (χ1) is 13.4. The number of carbonyl (C=O) groups excluding carboxylic acids is 1. The maximum Gasteiger partial charge on any atom is 0.234 e. The molecular weight excluding hydrogens is 372 g/mol. The van der Waals surface area contributed by atoms with Gasteiger partial charge in [-0.25, -0.2) is 0 Å². The number of anilines is 1. The number of ether oxygens (including phenoxy) is 1. The van der Waals surface area contributed by atoms with Crippen molar-refractivity contribution in [1.29, 1.82) is 0 Å². The minimum atomic E-state index is -0.0787. The molecule has 2 aromatic carbocycles. The van der Waals surface area contributed by atoms with Gasteiger partial charge in [0.2, 0.25) is 5.91 Å². The highest BCUT2D eigenvalue weighted by molar-refractivity contribution is 7.99. The van der Waals surface area contributed by atoms with Gasteiger partial charge in [0.25, 0.3) is 0 Å². The standard InChI is InChI=1S/C21H24N4O2S/c1-14-6-9-17(10-7-14)22-20(26)13-28-21-24-23-19(25(21)4)12-27-18-11-15(2)5-8-16(18)3/h5-11H,12-13H2,1-4H3,(H,22,26). The zero-order valence-corrected chi connectivity index (χ0v) is 17.3. The fourth-order valence-corrected chi connectivity index (χ4v) is 3.30. The van der Waals surface area contributed by atoms with Gasteiger partial charge in [-0.15, -0.1) is 10.2 Å². The fraction of sp³-hybridized carbons (Fsp3) is 0.286. The Kier molecular flexibility index (Phi) is 6.36. The Morgan fingerprint density at radius 3 is 2.54 bits per heavy atom. The average molecular weight is 397 g/mol. The number of carbonyl (C=O) groups is 1. The van der Waals surface area contributed by atoms with E-state index in [1.807, 2.05) is 68.8 Å². The minimum absolute atomic E-state index is 0.0787. The number of rotatable bonds is 7. The number of amides is 1. The maximum atomic E-state index is 12.2. The van der Waals surface area contributed by atoms with Crippen LogP contribution in [0.25, 0.3) is 0 Å². The van der Waals surface area contributed by atoms with Crippen LogP contribution in [-0.2, 0) is 18.4 Å². The third-order valence-electron chi connectivity index (χ3n) is 4.29. The van der Waals surface area contributed by atoms with E-state index in [1.54, 1.807) is 0 Å².